The van der Waals surface area contributed by atoms with Crippen molar-refractivity contribution in [2.24, 2.45) is 0 Å². The largest absolute Gasteiger partial charge is 0.341 e. The molecule has 2 bridgehead atoms. The van der Waals surface area contributed by atoms with Crippen molar-refractivity contribution < 1.29 is 4.39 Å². The fraction of sp³-hybridized carbons (Fsp3) is 0.464. The normalized spacial score (nSPS) is 21.9. The number of halogens is 1. The van der Waals surface area contributed by atoms with Crippen LogP contribution in [-0.4, -0.2) is 89.0 Å². The Morgan fingerprint density at radius 1 is 1.00 bits per heavy atom. The van der Waals surface area contributed by atoms with E-state index in [0.717, 1.165) is 74.5 Å². The first-order chi connectivity index (χ1) is 19.5. The maximum Gasteiger partial charge on any atom is 0.233 e. The van der Waals surface area contributed by atoms with Crippen LogP contribution in [0.25, 0.3) is 5.82 Å². The minimum absolute atomic E-state index is 0.499. The number of aromatic nitrogens is 7. The van der Waals surface area contributed by atoms with Crippen LogP contribution in [0.3, 0.4) is 0 Å². The van der Waals surface area contributed by atoms with Crippen LogP contribution in [0.4, 0.5) is 22.0 Å². The standard InChI is InChI=1S/C28H34FN11/c1-18-11-25(32-26-12-19(2)34-35-26)33-28(31-18)37-8-5-21(6-9-37)38-16-22-13-23(17-38)39(22)15-20-3-4-27(30-14-20)40-10-7-24(29)36-40/h3-4,7,10-12,14,21-23H,5-6,8-9,13,15-17H2,1-2H3,(H2,31,32,33,34,35). The van der Waals surface area contributed by atoms with Gasteiger partial charge in [0.1, 0.15) is 5.82 Å². The number of piperazine rings is 1. The summed E-state index contributed by atoms with van der Waals surface area (Å²) < 4.78 is 14.7. The number of nitrogens with zero attached hydrogens (tertiary/aromatic N) is 9. The molecule has 11 nitrogen and oxygen atoms in total. The lowest BCUT2D eigenvalue weighted by Crippen LogP contribution is -2.69. The third-order valence-corrected chi connectivity index (χ3v) is 8.41. The van der Waals surface area contributed by atoms with Gasteiger partial charge in [-0.2, -0.15) is 14.5 Å². The predicted molar refractivity (Wildman–Crippen MR) is 149 cm³/mol. The monoisotopic (exact) mass is 543 g/mol. The number of piperidine rings is 2. The van der Waals surface area contributed by atoms with Gasteiger partial charge in [-0.1, -0.05) is 6.07 Å². The molecule has 8 rings (SSSR count). The molecule has 2 N–H and O–H groups in total. The van der Waals surface area contributed by atoms with E-state index in [4.69, 9.17) is 9.97 Å². The van der Waals surface area contributed by atoms with Gasteiger partial charge < -0.3 is 10.2 Å². The molecule has 4 fully saturated rings. The van der Waals surface area contributed by atoms with Crippen LogP contribution in [-0.2, 0) is 6.54 Å². The molecule has 2 atom stereocenters. The summed E-state index contributed by atoms with van der Waals surface area (Å²) in [5, 5.41) is 14.3. The molecule has 4 aliphatic rings. The third kappa shape index (κ3) is 5.04. The van der Waals surface area contributed by atoms with Crippen LogP contribution < -0.4 is 10.2 Å². The zero-order chi connectivity index (χ0) is 27.2. The molecule has 4 aromatic heterocycles. The van der Waals surface area contributed by atoms with E-state index in [1.54, 1.807) is 6.20 Å². The molecule has 12 heteroatoms. The van der Waals surface area contributed by atoms with Gasteiger partial charge in [0, 0.05) is 92.8 Å². The van der Waals surface area contributed by atoms with Crippen LogP contribution in [0, 0.1) is 19.8 Å². The molecular weight excluding hydrogens is 509 g/mol. The number of nitrogens with one attached hydrogen (secondary N) is 2. The summed E-state index contributed by atoms with van der Waals surface area (Å²) in [5.74, 6) is 2.45. The average molecular weight is 544 g/mol. The topological polar surface area (TPSA) is 107 Å². The third-order valence-electron chi connectivity index (χ3n) is 8.41. The predicted octanol–water partition coefficient (Wildman–Crippen LogP) is 3.21. The Labute approximate surface area is 232 Å². The lowest BCUT2D eigenvalue weighted by Gasteiger charge is -2.58. The van der Waals surface area contributed by atoms with Gasteiger partial charge in [-0.15, -0.1) is 5.10 Å². The molecule has 0 amide bonds. The average Bonchev–Trinajstić information content (AvgIpc) is 3.59. The van der Waals surface area contributed by atoms with Crippen LogP contribution >= 0.6 is 0 Å². The van der Waals surface area contributed by atoms with Crippen molar-refractivity contribution in [1.29, 1.82) is 0 Å². The van der Waals surface area contributed by atoms with Gasteiger partial charge in [-0.25, -0.2) is 14.6 Å². The number of anilines is 3. The van der Waals surface area contributed by atoms with Gasteiger partial charge >= 0.3 is 0 Å². The second kappa shape index (κ2) is 10.3. The Morgan fingerprint density at radius 3 is 2.50 bits per heavy atom. The van der Waals surface area contributed by atoms with Crippen molar-refractivity contribution in [2.75, 3.05) is 36.4 Å². The van der Waals surface area contributed by atoms with Gasteiger partial charge in [0.2, 0.25) is 11.9 Å². The van der Waals surface area contributed by atoms with Gasteiger partial charge in [0.05, 0.1) is 0 Å². The molecule has 0 radical (unpaired) electrons. The fourth-order valence-electron chi connectivity index (χ4n) is 6.36. The van der Waals surface area contributed by atoms with Gasteiger partial charge in [-0.05, 0) is 44.7 Å². The maximum absolute atomic E-state index is 13.2. The quantitative estimate of drug-likeness (QED) is 0.363. The van der Waals surface area contributed by atoms with E-state index in [-0.39, 0.29) is 0 Å². The van der Waals surface area contributed by atoms with Gasteiger partial charge in [0.25, 0.3) is 0 Å². The molecule has 208 valence electrons. The highest BCUT2D eigenvalue weighted by Gasteiger charge is 2.46. The zero-order valence-corrected chi connectivity index (χ0v) is 22.8. The van der Waals surface area contributed by atoms with Crippen molar-refractivity contribution in [2.45, 2.75) is 57.8 Å². The highest BCUT2D eigenvalue weighted by atomic mass is 19.1. The summed E-state index contributed by atoms with van der Waals surface area (Å²) in [6, 6.07) is 11.0. The molecule has 0 aromatic carbocycles. The molecule has 0 spiro atoms. The van der Waals surface area contributed by atoms with E-state index >= 15 is 0 Å². The summed E-state index contributed by atoms with van der Waals surface area (Å²) >= 11 is 0. The van der Waals surface area contributed by atoms with E-state index < -0.39 is 5.95 Å². The number of rotatable bonds is 7. The number of aryl methyl sites for hydroxylation is 2. The molecule has 4 aliphatic heterocycles. The number of hydrogen-bond acceptors (Lipinski definition) is 9. The maximum atomic E-state index is 13.2. The molecule has 4 aromatic rings. The smallest absolute Gasteiger partial charge is 0.233 e. The van der Waals surface area contributed by atoms with Crippen molar-refractivity contribution in [3.63, 3.8) is 0 Å². The lowest BCUT2D eigenvalue weighted by molar-refractivity contribution is -0.0898. The van der Waals surface area contributed by atoms with Crippen LogP contribution in [0.15, 0.2) is 42.7 Å². The minimum atomic E-state index is -0.499. The van der Waals surface area contributed by atoms with Crippen molar-refractivity contribution >= 4 is 17.6 Å². The fourth-order valence-corrected chi connectivity index (χ4v) is 6.36. The second-order valence-electron chi connectivity index (χ2n) is 11.3. The Morgan fingerprint density at radius 2 is 1.82 bits per heavy atom. The second-order valence-corrected chi connectivity index (χ2v) is 11.3. The number of H-pyrrole nitrogens is 1. The summed E-state index contributed by atoms with van der Waals surface area (Å²) in [5.41, 5.74) is 3.13. The van der Waals surface area contributed by atoms with Crippen molar-refractivity contribution in [1.82, 2.24) is 44.7 Å². The molecule has 4 saturated heterocycles. The molecule has 0 saturated carbocycles. The van der Waals surface area contributed by atoms with E-state index in [1.165, 1.54) is 22.7 Å². The summed E-state index contributed by atoms with van der Waals surface area (Å²) in [4.78, 5) is 21.7. The summed E-state index contributed by atoms with van der Waals surface area (Å²) in [6.45, 7) is 9.06. The zero-order valence-electron chi connectivity index (χ0n) is 22.8. The molecule has 2 unspecified atom stereocenters. The summed E-state index contributed by atoms with van der Waals surface area (Å²) in [6.07, 6.45) is 6.99. The van der Waals surface area contributed by atoms with E-state index in [1.807, 2.05) is 38.2 Å². The Balaban J connectivity index is 0.922. The van der Waals surface area contributed by atoms with Crippen molar-refractivity contribution in [3.05, 3.63) is 65.6 Å². The first kappa shape index (κ1) is 25.1. The van der Waals surface area contributed by atoms with Gasteiger partial charge in [0.15, 0.2) is 11.6 Å². The molecule has 40 heavy (non-hydrogen) atoms. The Kier molecular flexibility index (Phi) is 6.43. The van der Waals surface area contributed by atoms with E-state index in [2.05, 4.69) is 46.4 Å². The first-order valence-corrected chi connectivity index (χ1v) is 14.0. The van der Waals surface area contributed by atoms with Crippen LogP contribution in [0.5, 0.6) is 0 Å². The molecule has 8 heterocycles. The lowest BCUT2D eigenvalue weighted by atomic mass is 9.85. The summed E-state index contributed by atoms with van der Waals surface area (Å²) in [7, 11) is 0. The Hall–Kier alpha value is -3.90. The number of hydrogen-bond donors (Lipinski definition) is 2. The molecule has 0 aliphatic carbocycles. The van der Waals surface area contributed by atoms with Crippen LogP contribution in [0.1, 0.15) is 36.2 Å². The first-order valence-electron chi connectivity index (χ1n) is 14.0. The van der Waals surface area contributed by atoms with Crippen molar-refractivity contribution in [3.8, 4) is 5.82 Å². The highest BCUT2D eigenvalue weighted by molar-refractivity contribution is 5.54. The highest BCUT2D eigenvalue weighted by Crippen LogP contribution is 2.36. The molecular formula is C28H34FN11. The van der Waals surface area contributed by atoms with E-state index in [0.29, 0.717) is 23.9 Å². The minimum Gasteiger partial charge on any atom is -0.341 e. The number of fused-ring (bicyclic) bond motifs is 2. The number of aromatic amines is 1. The van der Waals surface area contributed by atoms with E-state index in [9.17, 15) is 4.39 Å². The van der Waals surface area contributed by atoms with Crippen LogP contribution in [0.2, 0.25) is 0 Å². The number of pyridine rings is 1. The Bertz CT molecular complexity index is 1460. The van der Waals surface area contributed by atoms with Gasteiger partial charge in [-0.3, -0.25) is 14.9 Å². The SMILES string of the molecule is Cc1cc(Nc2cc(C)[nH]n2)nc(N2CCC(N3CC4CC(C3)N4Cc3ccc(-n4ccc(F)n4)nc3)CC2)n1.